The van der Waals surface area contributed by atoms with Crippen LogP contribution in [0.15, 0.2) is 84.0 Å². The average molecular weight is 551 g/mol. The van der Waals surface area contributed by atoms with E-state index in [1.807, 2.05) is 90.4 Å². The number of para-hydroxylation sites is 1. The van der Waals surface area contributed by atoms with Crippen molar-refractivity contribution in [3.63, 3.8) is 0 Å². The first-order valence-corrected chi connectivity index (χ1v) is 13.9. The highest BCUT2D eigenvalue weighted by molar-refractivity contribution is 7.99. The van der Waals surface area contributed by atoms with Gasteiger partial charge in [0.1, 0.15) is 17.8 Å². The summed E-state index contributed by atoms with van der Waals surface area (Å²) in [6.45, 7) is 0.570. The molecule has 1 N–H and O–H groups in total. The Bertz CT molecular complexity index is 1410. The van der Waals surface area contributed by atoms with Crippen LogP contribution in [0.1, 0.15) is 42.6 Å². The fourth-order valence-electron chi connectivity index (χ4n) is 5.43. The molecule has 0 aliphatic heterocycles. The molecule has 1 aliphatic carbocycles. The van der Waals surface area contributed by atoms with Crippen LogP contribution in [0.2, 0.25) is 0 Å². The highest BCUT2D eigenvalue weighted by atomic mass is 32.2. The van der Waals surface area contributed by atoms with Gasteiger partial charge in [-0.2, -0.15) is 13.2 Å². The number of fused-ring (bicyclic) bond motifs is 3. The first-order valence-electron chi connectivity index (χ1n) is 13.0. The van der Waals surface area contributed by atoms with Crippen molar-refractivity contribution in [3.05, 3.63) is 95.8 Å². The van der Waals surface area contributed by atoms with Crippen molar-refractivity contribution in [1.82, 2.24) is 20.1 Å². The van der Waals surface area contributed by atoms with Crippen molar-refractivity contribution >= 4 is 17.7 Å². The summed E-state index contributed by atoms with van der Waals surface area (Å²) < 4.78 is 41.2. The summed E-state index contributed by atoms with van der Waals surface area (Å²) in [6, 6.07) is 25.0. The van der Waals surface area contributed by atoms with Crippen molar-refractivity contribution in [3.8, 4) is 16.8 Å². The van der Waals surface area contributed by atoms with E-state index in [0.29, 0.717) is 12.8 Å². The minimum absolute atomic E-state index is 0.425. The third-order valence-electron chi connectivity index (χ3n) is 7.14. The largest absolute Gasteiger partial charge is 0.405 e. The van der Waals surface area contributed by atoms with Gasteiger partial charge in [0.05, 0.1) is 0 Å². The van der Waals surface area contributed by atoms with Gasteiger partial charge >= 0.3 is 6.18 Å². The lowest BCUT2D eigenvalue weighted by Crippen LogP contribution is -2.47. The number of hydrogen-bond donors (Lipinski definition) is 1. The van der Waals surface area contributed by atoms with Crippen LogP contribution in [0.4, 0.5) is 13.2 Å². The van der Waals surface area contributed by atoms with Crippen LogP contribution < -0.4 is 5.32 Å². The molecule has 202 valence electrons. The van der Waals surface area contributed by atoms with Gasteiger partial charge in [0.25, 0.3) is 0 Å². The fraction of sp³-hybridized carbons (Fsp3) is 0.300. The van der Waals surface area contributed by atoms with E-state index in [2.05, 4.69) is 15.5 Å². The van der Waals surface area contributed by atoms with E-state index in [0.717, 1.165) is 57.5 Å². The number of nitrogens with one attached hydrogen (secondary N) is 1. The molecule has 0 radical (unpaired) electrons. The summed E-state index contributed by atoms with van der Waals surface area (Å²) >= 11 is 1.62. The maximum absolute atomic E-state index is 13.6. The van der Waals surface area contributed by atoms with E-state index < -0.39 is 24.0 Å². The van der Waals surface area contributed by atoms with Crippen LogP contribution in [0.25, 0.3) is 16.8 Å². The van der Waals surface area contributed by atoms with Gasteiger partial charge in [-0.05, 0) is 54.2 Å². The number of rotatable bonds is 10. The van der Waals surface area contributed by atoms with Gasteiger partial charge in [0.2, 0.25) is 5.91 Å². The molecule has 0 spiro atoms. The predicted molar refractivity (Wildman–Crippen MR) is 147 cm³/mol. The number of aromatic nitrogens is 3. The lowest BCUT2D eigenvalue weighted by Gasteiger charge is -2.31. The molecule has 3 aromatic carbocycles. The first kappa shape index (κ1) is 27.0. The molecule has 0 fully saturated rings. The fourth-order valence-corrected chi connectivity index (χ4v) is 6.42. The maximum atomic E-state index is 13.6. The van der Waals surface area contributed by atoms with Crippen LogP contribution in [-0.4, -0.2) is 39.1 Å². The molecule has 9 heteroatoms. The Morgan fingerprint density at radius 3 is 2.13 bits per heavy atom. The third kappa shape index (κ3) is 5.45. The number of carbonyl (C=O) groups excluding carboxylic acids is 1. The van der Waals surface area contributed by atoms with Crippen molar-refractivity contribution in [2.24, 2.45) is 0 Å². The Morgan fingerprint density at radius 1 is 0.872 bits per heavy atom. The lowest BCUT2D eigenvalue weighted by molar-refractivity contribution is -0.141. The number of aryl methyl sites for hydroxylation is 1. The topological polar surface area (TPSA) is 59.8 Å². The van der Waals surface area contributed by atoms with Crippen molar-refractivity contribution in [1.29, 1.82) is 0 Å². The van der Waals surface area contributed by atoms with E-state index >= 15 is 0 Å². The van der Waals surface area contributed by atoms with Gasteiger partial charge < -0.3 is 5.32 Å². The molecule has 39 heavy (non-hydrogen) atoms. The van der Waals surface area contributed by atoms with Crippen molar-refractivity contribution in [2.45, 2.75) is 49.4 Å². The lowest BCUT2D eigenvalue weighted by atomic mass is 9.73. The van der Waals surface area contributed by atoms with Crippen LogP contribution >= 0.6 is 11.8 Å². The molecule has 5 rings (SSSR count). The molecule has 0 unspecified atom stereocenters. The third-order valence-corrected chi connectivity index (χ3v) is 8.15. The zero-order valence-electron chi connectivity index (χ0n) is 21.5. The Hall–Kier alpha value is -3.59. The second kappa shape index (κ2) is 11.3. The van der Waals surface area contributed by atoms with Gasteiger partial charge in [0, 0.05) is 11.4 Å². The van der Waals surface area contributed by atoms with Crippen LogP contribution in [0, 0.1) is 6.92 Å². The van der Waals surface area contributed by atoms with Crippen molar-refractivity contribution < 1.29 is 18.0 Å². The van der Waals surface area contributed by atoms with Gasteiger partial charge in [-0.25, -0.2) is 0 Å². The Kier molecular flexibility index (Phi) is 7.79. The number of hydrogen-bond acceptors (Lipinski definition) is 4. The SMILES string of the molecule is Cc1nnc(SCCCCCC2(C(=O)NCC(F)(F)F)c3ccccc3-c3ccccc32)n1-c1ccccc1. The molecular formula is C30H29F3N4OS. The number of nitrogens with zero attached hydrogens (tertiary/aromatic N) is 3. The second-order valence-electron chi connectivity index (χ2n) is 9.65. The molecule has 5 nitrogen and oxygen atoms in total. The zero-order chi connectivity index (χ0) is 27.5. The van der Waals surface area contributed by atoms with Crippen LogP contribution in [0.3, 0.4) is 0 Å². The summed E-state index contributed by atoms with van der Waals surface area (Å²) in [5.41, 5.74) is 3.20. The van der Waals surface area contributed by atoms with Crippen LogP contribution in [0.5, 0.6) is 0 Å². The number of thioether (sulfide) groups is 1. The number of carbonyl (C=O) groups is 1. The molecule has 1 aromatic heterocycles. The Morgan fingerprint density at radius 2 is 1.49 bits per heavy atom. The van der Waals surface area contributed by atoms with Gasteiger partial charge in [-0.3, -0.25) is 9.36 Å². The standard InChI is InChI=1S/C30H29F3N4OS/c1-21-35-36-28(37(21)22-12-4-2-5-13-22)39-19-11-3-10-18-29(27(38)34-20-30(31,32)33)25-16-8-6-14-23(25)24-15-7-9-17-26(24)29/h2,4-9,12-17H,3,10-11,18-20H2,1H3,(H,34,38). The van der Waals surface area contributed by atoms with E-state index in [1.54, 1.807) is 11.8 Å². The monoisotopic (exact) mass is 550 g/mol. The molecule has 1 heterocycles. The maximum Gasteiger partial charge on any atom is 0.405 e. The number of amides is 1. The number of halogens is 3. The van der Waals surface area contributed by atoms with Gasteiger partial charge in [-0.1, -0.05) is 91.3 Å². The normalized spacial score (nSPS) is 13.6. The molecule has 0 saturated heterocycles. The summed E-state index contributed by atoms with van der Waals surface area (Å²) in [5.74, 6) is 1.03. The van der Waals surface area contributed by atoms with E-state index in [-0.39, 0.29) is 0 Å². The van der Waals surface area contributed by atoms with E-state index in [1.165, 1.54) is 0 Å². The molecule has 4 aromatic rings. The van der Waals surface area contributed by atoms with E-state index in [4.69, 9.17) is 0 Å². The molecular weight excluding hydrogens is 521 g/mol. The van der Waals surface area contributed by atoms with Gasteiger partial charge in [-0.15, -0.1) is 10.2 Å². The minimum atomic E-state index is -4.48. The first-order chi connectivity index (χ1) is 18.8. The summed E-state index contributed by atoms with van der Waals surface area (Å²) in [6.07, 6.45) is -1.68. The Balaban J connectivity index is 1.29. The highest BCUT2D eigenvalue weighted by Crippen LogP contribution is 2.51. The predicted octanol–water partition coefficient (Wildman–Crippen LogP) is 6.87. The number of benzene rings is 3. The minimum Gasteiger partial charge on any atom is -0.346 e. The molecule has 0 atom stereocenters. The quantitative estimate of drug-likeness (QED) is 0.173. The smallest absolute Gasteiger partial charge is 0.346 e. The summed E-state index contributed by atoms with van der Waals surface area (Å²) in [4.78, 5) is 13.6. The molecule has 1 amide bonds. The Labute approximate surface area is 229 Å². The average Bonchev–Trinajstić information content (AvgIpc) is 3.45. The summed E-state index contributed by atoms with van der Waals surface area (Å²) in [5, 5.41) is 11.6. The number of unbranched alkanes of at least 4 members (excludes halogenated alkanes) is 2. The highest BCUT2D eigenvalue weighted by Gasteiger charge is 2.49. The zero-order valence-corrected chi connectivity index (χ0v) is 22.4. The second-order valence-corrected chi connectivity index (χ2v) is 10.7. The summed E-state index contributed by atoms with van der Waals surface area (Å²) in [7, 11) is 0. The molecule has 1 aliphatic rings. The van der Waals surface area contributed by atoms with E-state index in [9.17, 15) is 18.0 Å². The van der Waals surface area contributed by atoms with Crippen molar-refractivity contribution in [2.75, 3.05) is 12.3 Å². The molecule has 0 bridgehead atoms. The number of alkyl halides is 3. The van der Waals surface area contributed by atoms with Crippen LogP contribution in [-0.2, 0) is 10.2 Å². The molecule has 0 saturated carbocycles. The van der Waals surface area contributed by atoms with Gasteiger partial charge in [0.15, 0.2) is 5.16 Å².